The Morgan fingerprint density at radius 2 is 1.76 bits per heavy atom. The number of anilines is 2. The van der Waals surface area contributed by atoms with Gasteiger partial charge >= 0.3 is 5.97 Å². The van der Waals surface area contributed by atoms with Crippen LogP contribution in [-0.2, 0) is 19.4 Å². The van der Waals surface area contributed by atoms with Gasteiger partial charge in [0.1, 0.15) is 5.82 Å². The number of carbonyl (C=O) groups excluding carboxylic acids is 1. The Bertz CT molecular complexity index is 1020. The number of ether oxygens (including phenoxy) is 1. The van der Waals surface area contributed by atoms with Crippen LogP contribution in [0.4, 0.5) is 24.5 Å². The summed E-state index contributed by atoms with van der Waals surface area (Å²) in [6.45, 7) is 0. The number of halogens is 3. The molecule has 0 radical (unpaired) electrons. The summed E-state index contributed by atoms with van der Waals surface area (Å²) in [5, 5.41) is 0. The smallest absolute Gasteiger partial charge is 0.351 e. The van der Waals surface area contributed by atoms with Crippen molar-refractivity contribution in [2.24, 2.45) is 0 Å². The molecule has 0 bridgehead atoms. The predicted octanol–water partition coefficient (Wildman–Crippen LogP) is 3.04. The van der Waals surface area contributed by atoms with Crippen molar-refractivity contribution >= 4 is 27.2 Å². The standard InChI is InChI=1S/C16H10F3NO4S/c1-24-16(21)15-8-20(10-3-4-11(18)12(19)7-10)13-5-2-9(17)6-14(13)25(15,22)23/h2-8H,1H3. The van der Waals surface area contributed by atoms with E-state index in [1.807, 2.05) is 0 Å². The van der Waals surface area contributed by atoms with Crippen LogP contribution in [0, 0.1) is 17.5 Å². The Morgan fingerprint density at radius 1 is 1.04 bits per heavy atom. The molecular weight excluding hydrogens is 359 g/mol. The molecule has 0 saturated heterocycles. The first kappa shape index (κ1) is 17.0. The fourth-order valence-electron chi connectivity index (χ4n) is 2.39. The molecule has 130 valence electrons. The van der Waals surface area contributed by atoms with E-state index in [1.54, 1.807) is 0 Å². The molecule has 0 fully saturated rings. The number of carbonyl (C=O) groups is 1. The second-order valence-electron chi connectivity index (χ2n) is 5.07. The zero-order chi connectivity index (χ0) is 18.4. The van der Waals surface area contributed by atoms with Gasteiger partial charge in [-0.15, -0.1) is 0 Å². The summed E-state index contributed by atoms with van der Waals surface area (Å²) < 4.78 is 69.9. The van der Waals surface area contributed by atoms with Gasteiger partial charge in [0.15, 0.2) is 16.5 Å². The van der Waals surface area contributed by atoms with Gasteiger partial charge in [-0.05, 0) is 30.3 Å². The van der Waals surface area contributed by atoms with Crippen LogP contribution < -0.4 is 4.90 Å². The Labute approximate surface area is 140 Å². The number of sulfone groups is 1. The molecule has 0 N–H and O–H groups in total. The van der Waals surface area contributed by atoms with Crippen molar-refractivity contribution in [3.05, 3.63) is 65.0 Å². The summed E-state index contributed by atoms with van der Waals surface area (Å²) in [4.78, 5) is 11.8. The van der Waals surface area contributed by atoms with E-state index >= 15 is 0 Å². The molecule has 0 atom stereocenters. The highest BCUT2D eigenvalue weighted by Gasteiger charge is 2.37. The number of benzene rings is 2. The maximum atomic E-state index is 13.6. The zero-order valence-electron chi connectivity index (χ0n) is 12.7. The summed E-state index contributed by atoms with van der Waals surface area (Å²) in [6.07, 6.45) is 0.925. The van der Waals surface area contributed by atoms with Crippen LogP contribution >= 0.6 is 0 Å². The van der Waals surface area contributed by atoms with Crippen molar-refractivity contribution in [1.82, 2.24) is 0 Å². The van der Waals surface area contributed by atoms with Crippen molar-refractivity contribution in [3.8, 4) is 0 Å². The lowest BCUT2D eigenvalue weighted by atomic mass is 10.2. The molecule has 0 saturated carbocycles. The van der Waals surface area contributed by atoms with Crippen LogP contribution in [0.15, 0.2) is 52.4 Å². The predicted molar refractivity (Wildman–Crippen MR) is 82.2 cm³/mol. The Kier molecular flexibility index (Phi) is 4.03. The molecule has 2 aromatic rings. The highest BCUT2D eigenvalue weighted by Crippen LogP contribution is 2.40. The number of esters is 1. The molecule has 3 rings (SSSR count). The van der Waals surface area contributed by atoms with E-state index in [9.17, 15) is 26.4 Å². The van der Waals surface area contributed by atoms with Crippen LogP contribution in [0.3, 0.4) is 0 Å². The average Bonchev–Trinajstić information content (AvgIpc) is 2.57. The lowest BCUT2D eigenvalue weighted by molar-refractivity contribution is -0.135. The first-order valence-corrected chi connectivity index (χ1v) is 8.33. The van der Waals surface area contributed by atoms with Gasteiger partial charge in [-0.25, -0.2) is 26.4 Å². The molecule has 0 aliphatic carbocycles. The third-order valence-electron chi connectivity index (χ3n) is 3.57. The summed E-state index contributed by atoms with van der Waals surface area (Å²) in [7, 11) is -3.35. The van der Waals surface area contributed by atoms with Crippen LogP contribution in [0.1, 0.15) is 0 Å². The molecule has 0 aromatic heterocycles. The van der Waals surface area contributed by atoms with E-state index in [1.165, 1.54) is 6.07 Å². The van der Waals surface area contributed by atoms with Gasteiger partial charge in [-0.2, -0.15) is 0 Å². The van der Waals surface area contributed by atoms with Crippen molar-refractivity contribution in [2.75, 3.05) is 12.0 Å². The first-order chi connectivity index (χ1) is 11.8. The number of fused-ring (bicyclic) bond motifs is 1. The Morgan fingerprint density at radius 3 is 2.40 bits per heavy atom. The molecule has 0 spiro atoms. The zero-order valence-corrected chi connectivity index (χ0v) is 13.5. The molecule has 1 aliphatic rings. The van der Waals surface area contributed by atoms with E-state index in [2.05, 4.69) is 4.74 Å². The summed E-state index contributed by atoms with van der Waals surface area (Å²) in [6, 6.07) is 5.78. The molecule has 2 aromatic carbocycles. The Balaban J connectivity index is 2.30. The normalized spacial score (nSPS) is 15.4. The SMILES string of the molecule is COC(=O)C1=CN(c2ccc(F)c(F)c2)c2ccc(F)cc2S1(=O)=O. The van der Waals surface area contributed by atoms with E-state index in [4.69, 9.17) is 0 Å². The van der Waals surface area contributed by atoms with Crippen molar-refractivity contribution in [1.29, 1.82) is 0 Å². The second kappa shape index (κ2) is 5.92. The quantitative estimate of drug-likeness (QED) is 0.762. The number of hydrogen-bond donors (Lipinski definition) is 0. The molecule has 0 amide bonds. The molecule has 0 unspecified atom stereocenters. The summed E-state index contributed by atoms with van der Waals surface area (Å²) in [5.41, 5.74) is 0.0307. The van der Waals surface area contributed by atoms with Gasteiger partial charge in [0.05, 0.1) is 17.7 Å². The van der Waals surface area contributed by atoms with E-state index in [-0.39, 0.29) is 11.4 Å². The molecule has 25 heavy (non-hydrogen) atoms. The lowest BCUT2D eigenvalue weighted by Crippen LogP contribution is -2.26. The van der Waals surface area contributed by atoms with Gasteiger partial charge in [-0.3, -0.25) is 0 Å². The minimum atomic E-state index is -4.34. The van der Waals surface area contributed by atoms with Crippen LogP contribution in [0.25, 0.3) is 0 Å². The molecule has 1 aliphatic heterocycles. The third-order valence-corrected chi connectivity index (χ3v) is 5.33. The van der Waals surface area contributed by atoms with Crippen LogP contribution in [0.5, 0.6) is 0 Å². The first-order valence-electron chi connectivity index (χ1n) is 6.85. The van der Waals surface area contributed by atoms with Gasteiger partial charge < -0.3 is 9.64 Å². The number of nitrogens with zero attached hydrogens (tertiary/aromatic N) is 1. The van der Waals surface area contributed by atoms with Crippen LogP contribution in [-0.4, -0.2) is 21.5 Å². The van der Waals surface area contributed by atoms with Crippen molar-refractivity contribution in [3.63, 3.8) is 0 Å². The summed E-state index contributed by atoms with van der Waals surface area (Å²) >= 11 is 0. The van der Waals surface area contributed by atoms with Gasteiger partial charge in [0.25, 0.3) is 0 Å². The fraction of sp³-hybridized carbons (Fsp3) is 0.0625. The van der Waals surface area contributed by atoms with Crippen molar-refractivity contribution < 1.29 is 31.1 Å². The molecule has 1 heterocycles. The third kappa shape index (κ3) is 2.76. The second-order valence-corrected chi connectivity index (χ2v) is 6.96. The average molecular weight is 369 g/mol. The topological polar surface area (TPSA) is 63.7 Å². The molecular formula is C16H10F3NO4S. The number of hydrogen-bond acceptors (Lipinski definition) is 5. The number of methoxy groups -OCH3 is 1. The van der Waals surface area contributed by atoms with E-state index < -0.39 is 43.1 Å². The van der Waals surface area contributed by atoms with Gasteiger partial charge in [-0.1, -0.05) is 0 Å². The highest BCUT2D eigenvalue weighted by molar-refractivity contribution is 7.96. The fourth-order valence-corrected chi connectivity index (χ4v) is 3.88. The molecule has 9 heteroatoms. The number of rotatable bonds is 2. The minimum absolute atomic E-state index is 0.0138. The van der Waals surface area contributed by atoms with E-state index in [0.717, 1.165) is 48.5 Å². The summed E-state index contributed by atoms with van der Waals surface area (Å²) in [5.74, 6) is -4.26. The largest absolute Gasteiger partial charge is 0.465 e. The van der Waals surface area contributed by atoms with Crippen molar-refractivity contribution in [2.45, 2.75) is 4.90 Å². The van der Waals surface area contributed by atoms with Gasteiger partial charge in [0, 0.05) is 18.0 Å². The Hall–Kier alpha value is -2.81. The van der Waals surface area contributed by atoms with Gasteiger partial charge in [0.2, 0.25) is 9.84 Å². The lowest BCUT2D eigenvalue weighted by Gasteiger charge is -2.28. The van der Waals surface area contributed by atoms with Crippen LogP contribution in [0.2, 0.25) is 0 Å². The highest BCUT2D eigenvalue weighted by atomic mass is 32.2. The maximum absolute atomic E-state index is 13.6. The molecule has 5 nitrogen and oxygen atoms in total. The maximum Gasteiger partial charge on any atom is 0.351 e. The monoisotopic (exact) mass is 369 g/mol. The van der Waals surface area contributed by atoms with E-state index in [0.29, 0.717) is 0 Å². The minimum Gasteiger partial charge on any atom is -0.465 e.